The summed E-state index contributed by atoms with van der Waals surface area (Å²) in [5.41, 5.74) is 2.83. The number of nitrogens with zero attached hydrogens (tertiary/aromatic N) is 1. The van der Waals surface area contributed by atoms with Crippen LogP contribution in [0.4, 0.5) is 5.69 Å². The van der Waals surface area contributed by atoms with Gasteiger partial charge < -0.3 is 10.2 Å². The molecule has 0 saturated carbocycles. The van der Waals surface area contributed by atoms with Crippen molar-refractivity contribution in [2.75, 3.05) is 18.4 Å². The van der Waals surface area contributed by atoms with E-state index in [-0.39, 0.29) is 18.2 Å². The number of carbonyl (C=O) groups is 2. The van der Waals surface area contributed by atoms with Crippen molar-refractivity contribution in [3.63, 3.8) is 0 Å². The maximum Gasteiger partial charge on any atom is 0.226 e. The number of nitrogens with one attached hydrogen (secondary N) is 1. The van der Waals surface area contributed by atoms with E-state index in [4.69, 9.17) is 11.6 Å². The fraction of sp³-hybridized carbons (Fsp3) is 0.300. The van der Waals surface area contributed by atoms with Crippen molar-refractivity contribution in [2.45, 2.75) is 26.7 Å². The molecule has 0 aliphatic carbocycles. The molecule has 2 rings (SSSR count). The summed E-state index contributed by atoms with van der Waals surface area (Å²) in [5.74, 6) is -0.154. The van der Waals surface area contributed by atoms with Gasteiger partial charge in [0.1, 0.15) is 0 Å². The third-order valence-corrected chi connectivity index (χ3v) is 4.28. The molecule has 0 spiro atoms. The molecule has 0 atom stereocenters. The third-order valence-electron chi connectivity index (χ3n) is 4.04. The lowest BCUT2D eigenvalue weighted by Crippen LogP contribution is -2.33. The Balaban J connectivity index is 1.86. The first-order valence-electron chi connectivity index (χ1n) is 8.31. The lowest BCUT2D eigenvalue weighted by atomic mass is 10.1. The summed E-state index contributed by atoms with van der Waals surface area (Å²) in [4.78, 5) is 25.7. The fourth-order valence-electron chi connectivity index (χ4n) is 2.51. The highest BCUT2D eigenvalue weighted by Gasteiger charge is 2.12. The highest BCUT2D eigenvalue weighted by atomic mass is 35.5. The molecule has 0 fully saturated rings. The van der Waals surface area contributed by atoms with Crippen molar-refractivity contribution in [2.24, 2.45) is 0 Å². The Hall–Kier alpha value is -2.33. The van der Waals surface area contributed by atoms with Crippen LogP contribution < -0.4 is 5.32 Å². The van der Waals surface area contributed by atoms with E-state index in [1.54, 1.807) is 17.0 Å². The Morgan fingerprint density at radius 2 is 1.80 bits per heavy atom. The number of amides is 2. The van der Waals surface area contributed by atoms with Crippen molar-refractivity contribution < 1.29 is 9.59 Å². The second-order valence-corrected chi connectivity index (χ2v) is 6.44. The van der Waals surface area contributed by atoms with Crippen molar-refractivity contribution in [3.8, 4) is 0 Å². The van der Waals surface area contributed by atoms with Gasteiger partial charge in [-0.15, -0.1) is 0 Å². The van der Waals surface area contributed by atoms with Crippen molar-refractivity contribution in [1.29, 1.82) is 0 Å². The SMILES string of the molecule is CC(=O)N(CCC(=O)Nc1cc(Cl)ccc1C)CCc1ccccc1. The van der Waals surface area contributed by atoms with Crippen LogP contribution >= 0.6 is 11.6 Å². The smallest absolute Gasteiger partial charge is 0.226 e. The molecule has 0 unspecified atom stereocenters. The van der Waals surface area contributed by atoms with Gasteiger partial charge in [-0.05, 0) is 36.6 Å². The Morgan fingerprint density at radius 1 is 1.08 bits per heavy atom. The predicted molar refractivity (Wildman–Crippen MR) is 102 cm³/mol. The Labute approximate surface area is 153 Å². The van der Waals surface area contributed by atoms with Gasteiger partial charge in [-0.1, -0.05) is 48.0 Å². The third kappa shape index (κ3) is 6.24. The molecule has 0 heterocycles. The molecule has 0 aliphatic heterocycles. The maximum atomic E-state index is 12.2. The summed E-state index contributed by atoms with van der Waals surface area (Å²) in [6.07, 6.45) is 1.02. The number of benzene rings is 2. The molecule has 0 saturated heterocycles. The van der Waals surface area contributed by atoms with Gasteiger partial charge in [0.2, 0.25) is 11.8 Å². The topological polar surface area (TPSA) is 49.4 Å². The van der Waals surface area contributed by atoms with Gasteiger partial charge in [0, 0.05) is 37.1 Å². The van der Waals surface area contributed by atoms with E-state index in [1.165, 1.54) is 12.5 Å². The van der Waals surface area contributed by atoms with Crippen LogP contribution in [0, 0.1) is 6.92 Å². The molecule has 0 aromatic heterocycles. The van der Waals surface area contributed by atoms with Gasteiger partial charge in [-0.2, -0.15) is 0 Å². The summed E-state index contributed by atoms with van der Waals surface area (Å²) in [5, 5.41) is 3.44. The van der Waals surface area contributed by atoms with Crippen LogP contribution in [0.15, 0.2) is 48.5 Å². The summed E-state index contributed by atoms with van der Waals surface area (Å²) in [6.45, 7) is 4.44. The van der Waals surface area contributed by atoms with Gasteiger partial charge in [0.15, 0.2) is 0 Å². The molecule has 0 aliphatic rings. The van der Waals surface area contributed by atoms with E-state index < -0.39 is 0 Å². The Bertz CT molecular complexity index is 732. The molecule has 25 heavy (non-hydrogen) atoms. The minimum atomic E-state index is -0.128. The van der Waals surface area contributed by atoms with Gasteiger partial charge in [-0.25, -0.2) is 0 Å². The zero-order valence-corrected chi connectivity index (χ0v) is 15.3. The zero-order chi connectivity index (χ0) is 18.2. The van der Waals surface area contributed by atoms with E-state index in [1.807, 2.05) is 43.3 Å². The molecule has 1 N–H and O–H groups in total. The summed E-state index contributed by atoms with van der Waals surface area (Å²) in [7, 11) is 0. The van der Waals surface area contributed by atoms with Crippen LogP contribution in [0.5, 0.6) is 0 Å². The Morgan fingerprint density at radius 3 is 2.48 bits per heavy atom. The van der Waals surface area contributed by atoms with Gasteiger partial charge >= 0.3 is 0 Å². The van der Waals surface area contributed by atoms with Crippen LogP contribution in [0.2, 0.25) is 5.02 Å². The van der Waals surface area contributed by atoms with Crippen LogP contribution in [-0.4, -0.2) is 29.8 Å². The van der Waals surface area contributed by atoms with E-state index in [0.717, 1.165) is 12.0 Å². The van der Waals surface area contributed by atoms with Gasteiger partial charge in [-0.3, -0.25) is 9.59 Å². The first kappa shape index (κ1) is 19.0. The van der Waals surface area contributed by atoms with Crippen LogP contribution in [0.1, 0.15) is 24.5 Å². The highest BCUT2D eigenvalue weighted by molar-refractivity contribution is 6.31. The lowest BCUT2D eigenvalue weighted by Gasteiger charge is -2.21. The summed E-state index contributed by atoms with van der Waals surface area (Å²) in [6, 6.07) is 15.4. The first-order valence-corrected chi connectivity index (χ1v) is 8.69. The predicted octanol–water partition coefficient (Wildman–Crippen LogP) is 4.07. The fourth-order valence-corrected chi connectivity index (χ4v) is 2.69. The molecular formula is C20H23ClN2O2. The average molecular weight is 359 g/mol. The number of halogens is 1. The van der Waals surface area contributed by atoms with Gasteiger partial charge in [0.05, 0.1) is 0 Å². The van der Waals surface area contributed by atoms with E-state index >= 15 is 0 Å². The number of hydrogen-bond acceptors (Lipinski definition) is 2. The Kier molecular flexibility index (Phi) is 7.02. The number of hydrogen-bond donors (Lipinski definition) is 1. The highest BCUT2D eigenvalue weighted by Crippen LogP contribution is 2.20. The molecule has 0 bridgehead atoms. The lowest BCUT2D eigenvalue weighted by molar-refractivity contribution is -0.129. The second-order valence-electron chi connectivity index (χ2n) is 6.00. The van der Waals surface area contributed by atoms with E-state index in [9.17, 15) is 9.59 Å². The number of aryl methyl sites for hydroxylation is 1. The molecular weight excluding hydrogens is 336 g/mol. The minimum Gasteiger partial charge on any atom is -0.342 e. The van der Waals surface area contributed by atoms with Gasteiger partial charge in [0.25, 0.3) is 0 Å². The van der Waals surface area contributed by atoms with Crippen molar-refractivity contribution in [3.05, 3.63) is 64.7 Å². The monoisotopic (exact) mass is 358 g/mol. The molecule has 5 heteroatoms. The quantitative estimate of drug-likeness (QED) is 0.811. The zero-order valence-electron chi connectivity index (χ0n) is 14.6. The summed E-state index contributed by atoms with van der Waals surface area (Å²) >= 11 is 5.96. The van der Waals surface area contributed by atoms with E-state index in [0.29, 0.717) is 23.8 Å². The normalized spacial score (nSPS) is 10.4. The van der Waals surface area contributed by atoms with Crippen LogP contribution in [0.3, 0.4) is 0 Å². The molecule has 2 aromatic rings. The summed E-state index contributed by atoms with van der Waals surface area (Å²) < 4.78 is 0. The molecule has 132 valence electrons. The number of carbonyl (C=O) groups excluding carboxylic acids is 2. The van der Waals surface area contributed by atoms with E-state index in [2.05, 4.69) is 5.32 Å². The van der Waals surface area contributed by atoms with Crippen LogP contribution in [-0.2, 0) is 16.0 Å². The maximum absolute atomic E-state index is 12.2. The van der Waals surface area contributed by atoms with Crippen LogP contribution in [0.25, 0.3) is 0 Å². The minimum absolute atomic E-state index is 0.0253. The molecule has 2 amide bonds. The van der Waals surface area contributed by atoms with Crippen molar-refractivity contribution >= 4 is 29.1 Å². The number of rotatable bonds is 7. The standard InChI is InChI=1S/C20H23ClN2O2/c1-15-8-9-18(21)14-19(15)22-20(25)11-13-23(16(2)24)12-10-17-6-4-3-5-7-17/h3-9,14H,10-13H2,1-2H3,(H,22,25). The molecule has 2 aromatic carbocycles. The largest absolute Gasteiger partial charge is 0.342 e. The van der Waals surface area contributed by atoms with Crippen molar-refractivity contribution in [1.82, 2.24) is 4.90 Å². The second kappa shape index (κ2) is 9.23. The average Bonchev–Trinajstić information content (AvgIpc) is 2.58. The number of anilines is 1. The molecule has 0 radical (unpaired) electrons. The first-order chi connectivity index (χ1) is 12.0. The molecule has 4 nitrogen and oxygen atoms in total.